The van der Waals surface area contributed by atoms with Crippen molar-refractivity contribution in [3.8, 4) is 5.69 Å². The Morgan fingerprint density at radius 1 is 1.38 bits per heavy atom. The summed E-state index contributed by atoms with van der Waals surface area (Å²) in [6.45, 7) is 3.07. The first-order valence-electron chi connectivity index (χ1n) is 8.33. The molecule has 0 bridgehead atoms. The van der Waals surface area contributed by atoms with Gasteiger partial charge in [-0.05, 0) is 30.5 Å². The van der Waals surface area contributed by atoms with Crippen LogP contribution in [0.2, 0.25) is 5.02 Å². The number of hydrogen-bond acceptors (Lipinski definition) is 5. The fraction of sp³-hybridized carbons (Fsp3) is 0.529. The van der Waals surface area contributed by atoms with Crippen molar-refractivity contribution < 1.29 is 9.47 Å². The highest BCUT2D eigenvalue weighted by Gasteiger charge is 2.40. The van der Waals surface area contributed by atoms with Crippen LogP contribution in [0.25, 0.3) is 5.69 Å². The summed E-state index contributed by atoms with van der Waals surface area (Å²) in [5, 5.41) is 8.59. The fourth-order valence-electron chi connectivity index (χ4n) is 3.55. The SMILES string of the molecule is Clc1ccc(CNC2CCOC3(CCOC3)C2)c(-n2cncn2)c1. The quantitative estimate of drug-likeness (QED) is 0.919. The molecule has 0 amide bonds. The third kappa shape index (κ3) is 3.32. The summed E-state index contributed by atoms with van der Waals surface area (Å²) in [6.07, 6.45) is 6.23. The van der Waals surface area contributed by atoms with Crippen molar-refractivity contribution in [2.45, 2.75) is 37.5 Å². The van der Waals surface area contributed by atoms with E-state index in [9.17, 15) is 0 Å². The second-order valence-electron chi connectivity index (χ2n) is 6.52. The number of nitrogens with one attached hydrogen (secondary N) is 1. The summed E-state index contributed by atoms with van der Waals surface area (Å²) in [4.78, 5) is 4.03. The Labute approximate surface area is 146 Å². The molecular weight excluding hydrogens is 328 g/mol. The van der Waals surface area contributed by atoms with Crippen LogP contribution in [-0.4, -0.2) is 46.2 Å². The van der Waals surface area contributed by atoms with Crippen LogP contribution in [0.1, 0.15) is 24.8 Å². The van der Waals surface area contributed by atoms with E-state index in [-0.39, 0.29) is 5.60 Å². The lowest BCUT2D eigenvalue weighted by atomic mass is 9.89. The van der Waals surface area contributed by atoms with Crippen LogP contribution >= 0.6 is 11.6 Å². The monoisotopic (exact) mass is 348 g/mol. The third-order valence-electron chi connectivity index (χ3n) is 4.85. The molecule has 1 aromatic heterocycles. The van der Waals surface area contributed by atoms with Crippen LogP contribution in [0.5, 0.6) is 0 Å². The molecule has 0 radical (unpaired) electrons. The zero-order valence-electron chi connectivity index (χ0n) is 13.4. The largest absolute Gasteiger partial charge is 0.378 e. The van der Waals surface area contributed by atoms with E-state index in [0.29, 0.717) is 11.1 Å². The highest BCUT2D eigenvalue weighted by molar-refractivity contribution is 6.30. The topological polar surface area (TPSA) is 61.2 Å². The number of halogens is 1. The molecule has 4 rings (SSSR count). The number of rotatable bonds is 4. The first-order valence-corrected chi connectivity index (χ1v) is 8.70. The van der Waals surface area contributed by atoms with E-state index in [1.807, 2.05) is 18.2 Å². The maximum absolute atomic E-state index is 6.15. The van der Waals surface area contributed by atoms with Gasteiger partial charge in [-0.1, -0.05) is 17.7 Å². The van der Waals surface area contributed by atoms with Gasteiger partial charge in [-0.15, -0.1) is 0 Å². The van der Waals surface area contributed by atoms with E-state index in [1.165, 1.54) is 6.33 Å². The Morgan fingerprint density at radius 2 is 2.33 bits per heavy atom. The second-order valence-corrected chi connectivity index (χ2v) is 6.95. The number of nitrogens with zero attached hydrogens (tertiary/aromatic N) is 3. The summed E-state index contributed by atoms with van der Waals surface area (Å²) in [5.41, 5.74) is 2.02. The molecule has 2 aliphatic heterocycles. The number of benzene rings is 1. The predicted molar refractivity (Wildman–Crippen MR) is 90.3 cm³/mol. The van der Waals surface area contributed by atoms with Crippen LogP contribution < -0.4 is 5.32 Å². The van der Waals surface area contributed by atoms with Crippen molar-refractivity contribution in [2.75, 3.05) is 19.8 Å². The minimum Gasteiger partial charge on any atom is -0.378 e. The van der Waals surface area contributed by atoms with E-state index in [0.717, 1.165) is 56.9 Å². The molecule has 2 aliphatic rings. The zero-order chi connectivity index (χ0) is 16.4. The van der Waals surface area contributed by atoms with E-state index >= 15 is 0 Å². The van der Waals surface area contributed by atoms with Gasteiger partial charge in [-0.25, -0.2) is 9.67 Å². The van der Waals surface area contributed by atoms with E-state index < -0.39 is 0 Å². The highest BCUT2D eigenvalue weighted by Crippen LogP contribution is 2.33. The lowest BCUT2D eigenvalue weighted by Gasteiger charge is -2.37. The van der Waals surface area contributed by atoms with E-state index in [4.69, 9.17) is 21.1 Å². The number of ether oxygens (including phenoxy) is 2. The molecule has 128 valence electrons. The van der Waals surface area contributed by atoms with Gasteiger partial charge in [0, 0.05) is 37.2 Å². The lowest BCUT2D eigenvalue weighted by Crippen LogP contribution is -2.47. The molecule has 0 aliphatic carbocycles. The molecule has 1 N–H and O–H groups in total. The standard InChI is InChI=1S/C17H21ClN4O2/c18-14-2-1-13(16(7-14)22-12-19-11-21-22)9-20-15-3-5-24-17(8-15)4-6-23-10-17/h1-2,7,11-12,15,20H,3-6,8-10H2. The Kier molecular flexibility index (Phi) is 4.54. The number of aromatic nitrogens is 3. The molecule has 2 unspecified atom stereocenters. The second kappa shape index (κ2) is 6.80. The van der Waals surface area contributed by atoms with Gasteiger partial charge in [-0.3, -0.25) is 0 Å². The van der Waals surface area contributed by atoms with Gasteiger partial charge < -0.3 is 14.8 Å². The Hall–Kier alpha value is -1.47. The molecule has 1 spiro atoms. The summed E-state index contributed by atoms with van der Waals surface area (Å²) in [7, 11) is 0. The van der Waals surface area contributed by atoms with Gasteiger partial charge in [0.05, 0.1) is 17.9 Å². The Morgan fingerprint density at radius 3 is 3.12 bits per heavy atom. The van der Waals surface area contributed by atoms with Crippen molar-refractivity contribution in [1.29, 1.82) is 0 Å². The smallest absolute Gasteiger partial charge is 0.138 e. The molecule has 2 fully saturated rings. The average Bonchev–Trinajstić information content (AvgIpc) is 3.26. The van der Waals surface area contributed by atoms with Crippen LogP contribution in [-0.2, 0) is 16.0 Å². The minimum atomic E-state index is -0.0787. The van der Waals surface area contributed by atoms with E-state index in [1.54, 1.807) is 11.0 Å². The first-order chi connectivity index (χ1) is 11.7. The third-order valence-corrected chi connectivity index (χ3v) is 5.09. The highest BCUT2D eigenvalue weighted by atomic mass is 35.5. The molecule has 2 saturated heterocycles. The summed E-state index contributed by atoms with van der Waals surface area (Å²) in [6, 6.07) is 6.30. The zero-order valence-corrected chi connectivity index (χ0v) is 14.2. The van der Waals surface area contributed by atoms with Crippen molar-refractivity contribution in [3.05, 3.63) is 41.4 Å². The fourth-order valence-corrected chi connectivity index (χ4v) is 3.72. The molecule has 0 saturated carbocycles. The minimum absolute atomic E-state index is 0.0787. The van der Waals surface area contributed by atoms with E-state index in [2.05, 4.69) is 15.4 Å². The molecule has 7 heteroatoms. The van der Waals surface area contributed by atoms with Crippen LogP contribution in [0.3, 0.4) is 0 Å². The molecule has 24 heavy (non-hydrogen) atoms. The molecule has 2 aromatic rings. The van der Waals surface area contributed by atoms with Gasteiger partial charge in [0.25, 0.3) is 0 Å². The van der Waals surface area contributed by atoms with Crippen molar-refractivity contribution >= 4 is 11.6 Å². The van der Waals surface area contributed by atoms with Crippen molar-refractivity contribution in [1.82, 2.24) is 20.1 Å². The van der Waals surface area contributed by atoms with Crippen LogP contribution in [0.4, 0.5) is 0 Å². The molecule has 6 nitrogen and oxygen atoms in total. The first kappa shape index (κ1) is 16.0. The normalized spacial score (nSPS) is 27.0. The molecular formula is C17H21ClN4O2. The van der Waals surface area contributed by atoms with Gasteiger partial charge >= 0.3 is 0 Å². The summed E-state index contributed by atoms with van der Waals surface area (Å²) in [5.74, 6) is 0. The van der Waals surface area contributed by atoms with Crippen molar-refractivity contribution in [2.24, 2.45) is 0 Å². The van der Waals surface area contributed by atoms with Gasteiger partial charge in [-0.2, -0.15) is 5.10 Å². The maximum atomic E-state index is 6.15. The Bertz CT molecular complexity index is 686. The van der Waals surface area contributed by atoms with Crippen LogP contribution in [0, 0.1) is 0 Å². The summed E-state index contributed by atoms with van der Waals surface area (Å²) >= 11 is 6.15. The van der Waals surface area contributed by atoms with Crippen LogP contribution in [0.15, 0.2) is 30.9 Å². The lowest BCUT2D eigenvalue weighted by molar-refractivity contribution is -0.0894. The predicted octanol–water partition coefficient (Wildman–Crippen LogP) is 2.35. The van der Waals surface area contributed by atoms with Gasteiger partial charge in [0.15, 0.2) is 0 Å². The molecule has 2 atom stereocenters. The van der Waals surface area contributed by atoms with Gasteiger partial charge in [0.2, 0.25) is 0 Å². The average molecular weight is 349 g/mol. The maximum Gasteiger partial charge on any atom is 0.138 e. The Balaban J connectivity index is 1.46. The van der Waals surface area contributed by atoms with Gasteiger partial charge in [0.1, 0.15) is 12.7 Å². The number of hydrogen-bond donors (Lipinski definition) is 1. The molecule has 1 aromatic carbocycles. The molecule has 3 heterocycles. The summed E-state index contributed by atoms with van der Waals surface area (Å²) < 4.78 is 13.3. The van der Waals surface area contributed by atoms with Crippen molar-refractivity contribution in [3.63, 3.8) is 0 Å².